The Morgan fingerprint density at radius 2 is 2.12 bits per heavy atom. The molecule has 2 N–H and O–H groups in total. The van der Waals surface area contributed by atoms with E-state index in [9.17, 15) is 13.2 Å². The van der Waals surface area contributed by atoms with Crippen molar-refractivity contribution in [3.8, 4) is 0 Å². The smallest absolute Gasteiger partial charge is 0.319 e. The quantitative estimate of drug-likeness (QED) is 0.868. The van der Waals surface area contributed by atoms with Gasteiger partial charge in [-0.15, -0.1) is 0 Å². The second-order valence-electron chi connectivity index (χ2n) is 3.79. The third kappa shape index (κ3) is 2.41. The van der Waals surface area contributed by atoms with Gasteiger partial charge in [-0.25, -0.2) is 0 Å². The third-order valence-corrected chi connectivity index (χ3v) is 2.59. The highest BCUT2D eigenvalue weighted by molar-refractivity contribution is 5.82. The van der Waals surface area contributed by atoms with Crippen LogP contribution in [0.15, 0.2) is 18.2 Å². The first-order chi connectivity index (χ1) is 8.02. The molecule has 0 aliphatic carbocycles. The fourth-order valence-electron chi connectivity index (χ4n) is 1.68. The first-order valence-corrected chi connectivity index (χ1v) is 5.21. The Kier molecular flexibility index (Phi) is 3.06. The molecular weight excluding hydrogens is 231 g/mol. The van der Waals surface area contributed by atoms with Crippen LogP contribution in [-0.4, -0.2) is 23.8 Å². The van der Waals surface area contributed by atoms with Gasteiger partial charge in [0.25, 0.3) is 0 Å². The molecule has 0 atom stereocenters. The van der Waals surface area contributed by atoms with Crippen molar-refractivity contribution in [2.45, 2.75) is 12.6 Å². The fourth-order valence-corrected chi connectivity index (χ4v) is 1.68. The van der Waals surface area contributed by atoms with Crippen LogP contribution in [0.5, 0.6) is 0 Å². The number of benzene rings is 1. The molecule has 17 heavy (non-hydrogen) atoms. The molecular formula is C11H12F3N3. The molecule has 0 aliphatic heterocycles. The number of hydrogen-bond acceptors (Lipinski definition) is 2. The molecule has 3 nitrogen and oxygen atoms in total. The summed E-state index contributed by atoms with van der Waals surface area (Å²) in [5, 5.41) is 10.2. The van der Waals surface area contributed by atoms with Crippen molar-refractivity contribution < 1.29 is 13.2 Å². The van der Waals surface area contributed by atoms with Crippen molar-refractivity contribution in [2.75, 3.05) is 13.6 Å². The van der Waals surface area contributed by atoms with Crippen LogP contribution < -0.4 is 5.32 Å². The molecule has 0 spiro atoms. The Morgan fingerprint density at radius 1 is 1.35 bits per heavy atom. The summed E-state index contributed by atoms with van der Waals surface area (Å²) in [5.41, 5.74) is 0.640. The van der Waals surface area contributed by atoms with E-state index in [1.54, 1.807) is 7.05 Å². The number of aromatic amines is 1. The molecule has 0 aliphatic rings. The van der Waals surface area contributed by atoms with E-state index in [-0.39, 0.29) is 0 Å². The molecule has 0 saturated carbocycles. The second kappa shape index (κ2) is 4.37. The van der Waals surface area contributed by atoms with Gasteiger partial charge in [-0.05, 0) is 25.2 Å². The van der Waals surface area contributed by atoms with Crippen molar-refractivity contribution in [2.24, 2.45) is 0 Å². The summed E-state index contributed by atoms with van der Waals surface area (Å²) >= 11 is 0. The Balaban J connectivity index is 2.43. The van der Waals surface area contributed by atoms with E-state index in [0.29, 0.717) is 23.9 Å². The normalized spacial score (nSPS) is 12.2. The summed E-state index contributed by atoms with van der Waals surface area (Å²) in [5.74, 6) is 0. The molecule has 0 radical (unpaired) electrons. The Bertz CT molecular complexity index is 516. The molecule has 0 saturated heterocycles. The minimum Gasteiger partial charge on any atom is -0.319 e. The van der Waals surface area contributed by atoms with Crippen LogP contribution in [0.25, 0.3) is 10.9 Å². The number of nitrogens with one attached hydrogen (secondary N) is 2. The van der Waals surface area contributed by atoms with Gasteiger partial charge in [0, 0.05) is 24.0 Å². The zero-order valence-corrected chi connectivity index (χ0v) is 9.23. The third-order valence-electron chi connectivity index (χ3n) is 2.59. The lowest BCUT2D eigenvalue weighted by Crippen LogP contribution is -2.10. The van der Waals surface area contributed by atoms with Gasteiger partial charge >= 0.3 is 6.18 Å². The van der Waals surface area contributed by atoms with Crippen LogP contribution in [0.3, 0.4) is 0 Å². The zero-order valence-electron chi connectivity index (χ0n) is 9.23. The van der Waals surface area contributed by atoms with Gasteiger partial charge in [0.1, 0.15) is 0 Å². The second-order valence-corrected chi connectivity index (χ2v) is 3.79. The molecule has 0 fully saturated rings. The van der Waals surface area contributed by atoms with E-state index in [4.69, 9.17) is 0 Å². The highest BCUT2D eigenvalue weighted by Gasteiger charge is 2.30. The maximum Gasteiger partial charge on any atom is 0.416 e. The van der Waals surface area contributed by atoms with E-state index < -0.39 is 11.7 Å². The SMILES string of the molecule is CNCCc1[nH]nc2ccc(C(F)(F)F)cc12. The molecule has 1 aromatic heterocycles. The molecule has 0 bridgehead atoms. The number of rotatable bonds is 3. The molecule has 6 heteroatoms. The molecule has 2 rings (SSSR count). The lowest BCUT2D eigenvalue weighted by atomic mass is 10.1. The predicted molar refractivity (Wildman–Crippen MR) is 58.7 cm³/mol. The largest absolute Gasteiger partial charge is 0.416 e. The predicted octanol–water partition coefficient (Wildman–Crippen LogP) is 2.34. The van der Waals surface area contributed by atoms with E-state index in [1.165, 1.54) is 6.07 Å². The fraction of sp³-hybridized carbons (Fsp3) is 0.364. The first-order valence-electron chi connectivity index (χ1n) is 5.21. The molecule has 92 valence electrons. The Labute approximate surface area is 96.0 Å². The zero-order chi connectivity index (χ0) is 12.5. The Hall–Kier alpha value is -1.56. The molecule has 1 heterocycles. The minimum absolute atomic E-state index is 0.537. The van der Waals surface area contributed by atoms with Crippen LogP contribution in [0.1, 0.15) is 11.3 Å². The van der Waals surface area contributed by atoms with Gasteiger partial charge in [-0.3, -0.25) is 5.10 Å². The standard InChI is InChI=1S/C11H12F3N3/c1-15-5-4-10-8-6-7(11(12,13)14)2-3-9(8)16-17-10/h2-3,6,15H,4-5H2,1H3,(H,16,17). The Morgan fingerprint density at radius 3 is 2.76 bits per heavy atom. The number of halogens is 3. The summed E-state index contributed by atoms with van der Waals surface area (Å²) in [4.78, 5) is 0. The van der Waals surface area contributed by atoms with Gasteiger partial charge in [0.05, 0.1) is 11.1 Å². The number of likely N-dealkylation sites (N-methyl/N-ethyl adjacent to an activating group) is 1. The minimum atomic E-state index is -4.31. The topological polar surface area (TPSA) is 40.7 Å². The number of H-pyrrole nitrogens is 1. The number of alkyl halides is 3. The van der Waals surface area contributed by atoms with Crippen molar-refractivity contribution in [1.82, 2.24) is 15.5 Å². The summed E-state index contributed by atoms with van der Waals surface area (Å²) in [7, 11) is 1.79. The van der Waals surface area contributed by atoms with E-state index in [2.05, 4.69) is 15.5 Å². The summed E-state index contributed by atoms with van der Waals surface area (Å²) in [6.45, 7) is 0.688. The average Bonchev–Trinajstić information content (AvgIpc) is 2.67. The molecule has 1 aromatic carbocycles. The summed E-state index contributed by atoms with van der Waals surface area (Å²) < 4.78 is 37.7. The van der Waals surface area contributed by atoms with E-state index in [1.807, 2.05) is 0 Å². The van der Waals surface area contributed by atoms with Crippen LogP contribution in [-0.2, 0) is 12.6 Å². The molecule has 0 amide bonds. The van der Waals surface area contributed by atoms with E-state index in [0.717, 1.165) is 17.8 Å². The number of aromatic nitrogens is 2. The van der Waals surface area contributed by atoms with Crippen LogP contribution in [0.2, 0.25) is 0 Å². The van der Waals surface area contributed by atoms with Crippen molar-refractivity contribution >= 4 is 10.9 Å². The maximum absolute atomic E-state index is 12.6. The number of hydrogen-bond donors (Lipinski definition) is 2. The van der Waals surface area contributed by atoms with Crippen molar-refractivity contribution in [1.29, 1.82) is 0 Å². The van der Waals surface area contributed by atoms with Crippen LogP contribution >= 0.6 is 0 Å². The van der Waals surface area contributed by atoms with Gasteiger partial charge in [-0.2, -0.15) is 18.3 Å². The first kappa shape index (κ1) is 11.9. The molecule has 2 aromatic rings. The summed E-state index contributed by atoms with van der Waals surface area (Å²) in [6, 6.07) is 3.58. The maximum atomic E-state index is 12.6. The highest BCUT2D eigenvalue weighted by atomic mass is 19.4. The lowest BCUT2D eigenvalue weighted by molar-refractivity contribution is -0.137. The monoisotopic (exact) mass is 243 g/mol. The summed E-state index contributed by atoms with van der Waals surface area (Å²) in [6.07, 6.45) is -3.69. The van der Waals surface area contributed by atoms with Gasteiger partial charge in [0.2, 0.25) is 0 Å². The highest BCUT2D eigenvalue weighted by Crippen LogP contribution is 2.31. The lowest BCUT2D eigenvalue weighted by Gasteiger charge is -2.06. The van der Waals surface area contributed by atoms with Crippen LogP contribution in [0.4, 0.5) is 13.2 Å². The van der Waals surface area contributed by atoms with Gasteiger partial charge in [-0.1, -0.05) is 0 Å². The van der Waals surface area contributed by atoms with Crippen LogP contribution in [0, 0.1) is 0 Å². The van der Waals surface area contributed by atoms with Crippen molar-refractivity contribution in [3.63, 3.8) is 0 Å². The average molecular weight is 243 g/mol. The van der Waals surface area contributed by atoms with Gasteiger partial charge < -0.3 is 5.32 Å². The van der Waals surface area contributed by atoms with Crippen molar-refractivity contribution in [3.05, 3.63) is 29.5 Å². The van der Waals surface area contributed by atoms with E-state index >= 15 is 0 Å². The number of nitrogens with zero attached hydrogens (tertiary/aromatic N) is 1. The van der Waals surface area contributed by atoms with Gasteiger partial charge in [0.15, 0.2) is 0 Å². The number of fused-ring (bicyclic) bond motifs is 1. The molecule has 0 unspecified atom stereocenters.